The minimum atomic E-state index is 0.113. The number of rotatable bonds is 5. The van der Waals surface area contributed by atoms with Crippen molar-refractivity contribution < 1.29 is 9.53 Å². The second-order valence-electron chi connectivity index (χ2n) is 4.47. The monoisotopic (exact) mass is 260 g/mol. The highest BCUT2D eigenvalue weighted by Gasteiger charge is 2.11. The van der Waals surface area contributed by atoms with E-state index in [1.807, 2.05) is 55.9 Å². The van der Waals surface area contributed by atoms with Crippen molar-refractivity contribution >= 4 is 16.8 Å². The van der Waals surface area contributed by atoms with Crippen molar-refractivity contribution in [1.29, 1.82) is 0 Å². The summed E-state index contributed by atoms with van der Waals surface area (Å²) < 4.78 is 7.56. The lowest BCUT2D eigenvalue weighted by atomic mass is 10.2. The number of carbonyl (C=O) groups excluding carboxylic acids is 1. The van der Waals surface area contributed by atoms with E-state index < -0.39 is 0 Å². The van der Waals surface area contributed by atoms with E-state index in [0.29, 0.717) is 13.2 Å². The third-order valence-corrected chi connectivity index (χ3v) is 3.28. The van der Waals surface area contributed by atoms with E-state index in [1.54, 1.807) is 4.90 Å². The van der Waals surface area contributed by atoms with Gasteiger partial charge < -0.3 is 14.2 Å². The van der Waals surface area contributed by atoms with Gasteiger partial charge in [0, 0.05) is 25.2 Å². The van der Waals surface area contributed by atoms with Crippen molar-refractivity contribution in [2.45, 2.75) is 20.4 Å². The summed E-state index contributed by atoms with van der Waals surface area (Å²) in [6.45, 7) is 5.67. The van der Waals surface area contributed by atoms with Gasteiger partial charge >= 0.3 is 0 Å². The largest absolute Gasteiger partial charge is 0.493 e. The number of likely N-dealkylation sites (N-methyl/N-ethyl adjacent to an activating group) is 1. The average molecular weight is 260 g/mol. The third-order valence-electron chi connectivity index (χ3n) is 3.28. The fraction of sp³-hybridized carbons (Fsp3) is 0.400. The van der Waals surface area contributed by atoms with Crippen LogP contribution in [0, 0.1) is 0 Å². The van der Waals surface area contributed by atoms with Crippen LogP contribution in [0.2, 0.25) is 0 Å². The first-order valence-electron chi connectivity index (χ1n) is 6.62. The third kappa shape index (κ3) is 2.72. The van der Waals surface area contributed by atoms with Crippen molar-refractivity contribution in [1.82, 2.24) is 9.47 Å². The Hall–Kier alpha value is -1.97. The van der Waals surface area contributed by atoms with Crippen LogP contribution in [0.25, 0.3) is 10.9 Å². The second kappa shape index (κ2) is 5.78. The molecule has 1 amide bonds. The smallest absolute Gasteiger partial charge is 0.242 e. The van der Waals surface area contributed by atoms with Gasteiger partial charge in [-0.3, -0.25) is 4.79 Å². The number of hydrogen-bond donors (Lipinski definition) is 0. The molecule has 0 aliphatic heterocycles. The molecule has 102 valence electrons. The summed E-state index contributed by atoms with van der Waals surface area (Å²) in [6.07, 6.45) is 1.94. The Morgan fingerprint density at radius 1 is 1.32 bits per heavy atom. The van der Waals surface area contributed by atoms with Crippen LogP contribution in [0.5, 0.6) is 5.75 Å². The zero-order valence-electron chi connectivity index (χ0n) is 11.7. The van der Waals surface area contributed by atoms with Gasteiger partial charge in [-0.2, -0.15) is 0 Å². The van der Waals surface area contributed by atoms with Crippen molar-refractivity contribution in [2.75, 3.05) is 20.2 Å². The lowest BCUT2D eigenvalue weighted by molar-refractivity contribution is -0.130. The van der Waals surface area contributed by atoms with E-state index in [1.165, 1.54) is 0 Å². The Morgan fingerprint density at radius 2 is 2.11 bits per heavy atom. The molecule has 2 aromatic rings. The molecule has 0 saturated heterocycles. The van der Waals surface area contributed by atoms with Gasteiger partial charge in [0.05, 0.1) is 12.1 Å². The van der Waals surface area contributed by atoms with Gasteiger partial charge in [-0.1, -0.05) is 6.07 Å². The molecule has 0 radical (unpaired) electrons. The van der Waals surface area contributed by atoms with Gasteiger partial charge in [0.15, 0.2) is 0 Å². The molecule has 19 heavy (non-hydrogen) atoms. The zero-order chi connectivity index (χ0) is 13.8. The SMILES string of the molecule is CCOc1cccc2c1ccn2CC(=O)N(C)CC. The average Bonchev–Trinajstić information content (AvgIpc) is 2.82. The van der Waals surface area contributed by atoms with E-state index in [9.17, 15) is 4.79 Å². The number of benzene rings is 1. The molecule has 2 rings (SSSR count). The van der Waals surface area contributed by atoms with Crippen LogP contribution in [-0.2, 0) is 11.3 Å². The first-order valence-corrected chi connectivity index (χ1v) is 6.62. The predicted octanol–water partition coefficient (Wildman–Crippen LogP) is 2.52. The topological polar surface area (TPSA) is 34.5 Å². The summed E-state index contributed by atoms with van der Waals surface area (Å²) in [4.78, 5) is 13.7. The molecule has 1 aromatic carbocycles. The van der Waals surface area contributed by atoms with Crippen LogP contribution in [0.15, 0.2) is 30.5 Å². The number of fused-ring (bicyclic) bond motifs is 1. The molecule has 0 aliphatic rings. The van der Waals surface area contributed by atoms with E-state index in [2.05, 4.69) is 0 Å². The maximum absolute atomic E-state index is 12.0. The lowest BCUT2D eigenvalue weighted by Crippen LogP contribution is -2.29. The van der Waals surface area contributed by atoms with Crippen LogP contribution >= 0.6 is 0 Å². The first-order chi connectivity index (χ1) is 9.17. The molecule has 4 heteroatoms. The van der Waals surface area contributed by atoms with Crippen LogP contribution < -0.4 is 4.74 Å². The summed E-state index contributed by atoms with van der Waals surface area (Å²) in [5.41, 5.74) is 1.03. The van der Waals surface area contributed by atoms with Crippen molar-refractivity contribution in [2.24, 2.45) is 0 Å². The van der Waals surface area contributed by atoms with E-state index in [0.717, 1.165) is 23.2 Å². The van der Waals surface area contributed by atoms with Crippen LogP contribution in [0.1, 0.15) is 13.8 Å². The van der Waals surface area contributed by atoms with Crippen molar-refractivity contribution in [3.63, 3.8) is 0 Å². The molecular formula is C15H20N2O2. The standard InChI is InChI=1S/C15H20N2O2/c1-4-16(3)15(18)11-17-10-9-12-13(17)7-6-8-14(12)19-5-2/h6-10H,4-5,11H2,1-3H3. The van der Waals surface area contributed by atoms with Gasteiger partial charge in [0.2, 0.25) is 5.91 Å². The predicted molar refractivity (Wildman–Crippen MR) is 76.4 cm³/mol. The summed E-state index contributed by atoms with van der Waals surface area (Å²) in [5, 5.41) is 1.05. The minimum absolute atomic E-state index is 0.113. The Labute approximate surface area is 113 Å². The summed E-state index contributed by atoms with van der Waals surface area (Å²) in [5.74, 6) is 0.983. The molecule has 1 aromatic heterocycles. The van der Waals surface area contributed by atoms with Gasteiger partial charge in [-0.25, -0.2) is 0 Å². The number of aromatic nitrogens is 1. The normalized spacial score (nSPS) is 10.7. The summed E-state index contributed by atoms with van der Waals surface area (Å²) in [6, 6.07) is 7.92. The fourth-order valence-electron chi connectivity index (χ4n) is 2.06. The second-order valence-corrected chi connectivity index (χ2v) is 4.47. The number of hydrogen-bond acceptors (Lipinski definition) is 2. The van der Waals surface area contributed by atoms with E-state index >= 15 is 0 Å². The summed E-state index contributed by atoms with van der Waals surface area (Å²) >= 11 is 0. The Kier molecular flexibility index (Phi) is 4.10. The molecule has 4 nitrogen and oxygen atoms in total. The lowest BCUT2D eigenvalue weighted by Gasteiger charge is -2.15. The molecule has 0 N–H and O–H groups in total. The van der Waals surface area contributed by atoms with Crippen molar-refractivity contribution in [3.05, 3.63) is 30.5 Å². The molecular weight excluding hydrogens is 240 g/mol. The molecule has 0 bridgehead atoms. The number of ether oxygens (including phenoxy) is 1. The van der Waals surface area contributed by atoms with Crippen LogP contribution in [0.3, 0.4) is 0 Å². The fourth-order valence-corrected chi connectivity index (χ4v) is 2.06. The zero-order valence-corrected chi connectivity index (χ0v) is 11.7. The van der Waals surface area contributed by atoms with Crippen LogP contribution in [-0.4, -0.2) is 35.6 Å². The number of carbonyl (C=O) groups is 1. The van der Waals surface area contributed by atoms with Gasteiger partial charge in [-0.15, -0.1) is 0 Å². The van der Waals surface area contributed by atoms with Gasteiger partial charge in [0.1, 0.15) is 12.3 Å². The Bertz CT molecular complexity index is 575. The Balaban J connectivity index is 2.30. The Morgan fingerprint density at radius 3 is 2.79 bits per heavy atom. The molecule has 0 spiro atoms. The maximum Gasteiger partial charge on any atom is 0.242 e. The quantitative estimate of drug-likeness (QED) is 0.828. The van der Waals surface area contributed by atoms with Crippen LogP contribution in [0.4, 0.5) is 0 Å². The molecule has 0 aliphatic carbocycles. The molecule has 0 saturated carbocycles. The number of amides is 1. The highest BCUT2D eigenvalue weighted by Crippen LogP contribution is 2.26. The molecule has 0 unspecified atom stereocenters. The van der Waals surface area contributed by atoms with Crippen molar-refractivity contribution in [3.8, 4) is 5.75 Å². The molecule has 0 fully saturated rings. The maximum atomic E-state index is 12.0. The highest BCUT2D eigenvalue weighted by atomic mass is 16.5. The molecule has 0 atom stereocenters. The van der Waals surface area contributed by atoms with E-state index in [4.69, 9.17) is 4.74 Å². The minimum Gasteiger partial charge on any atom is -0.493 e. The summed E-state index contributed by atoms with van der Waals surface area (Å²) in [7, 11) is 1.82. The van der Waals surface area contributed by atoms with E-state index in [-0.39, 0.29) is 5.91 Å². The molecule has 1 heterocycles. The first kappa shape index (κ1) is 13.5. The number of nitrogens with zero attached hydrogens (tertiary/aromatic N) is 2. The van der Waals surface area contributed by atoms with Gasteiger partial charge in [0.25, 0.3) is 0 Å². The van der Waals surface area contributed by atoms with Gasteiger partial charge in [-0.05, 0) is 32.0 Å². The highest BCUT2D eigenvalue weighted by molar-refractivity contribution is 5.88.